The van der Waals surface area contributed by atoms with Gasteiger partial charge in [-0.3, -0.25) is 4.18 Å². The quantitative estimate of drug-likeness (QED) is 0.805. The molecule has 4 nitrogen and oxygen atoms in total. The molecule has 5 heteroatoms. The molecule has 2 atom stereocenters. The molecule has 116 valence electrons. The molecule has 1 aliphatic carbocycles. The van der Waals surface area contributed by atoms with Crippen LogP contribution in [0.1, 0.15) is 24.8 Å². The first kappa shape index (κ1) is 15.0. The lowest BCUT2D eigenvalue weighted by Crippen LogP contribution is -2.51. The summed E-state index contributed by atoms with van der Waals surface area (Å²) < 4.78 is 30.6. The highest BCUT2D eigenvalue weighted by Crippen LogP contribution is 2.37. The molecule has 3 rings (SSSR count). The molecule has 0 unspecified atom stereocenters. The van der Waals surface area contributed by atoms with Crippen LogP contribution in [0.2, 0.25) is 0 Å². The maximum Gasteiger partial charge on any atom is 0.297 e. The van der Waals surface area contributed by atoms with E-state index in [0.717, 1.165) is 31.5 Å². The van der Waals surface area contributed by atoms with Crippen molar-refractivity contribution in [2.24, 2.45) is 11.8 Å². The first-order valence-electron chi connectivity index (χ1n) is 7.64. The molecule has 1 aromatic carbocycles. The van der Waals surface area contributed by atoms with Gasteiger partial charge in [-0.2, -0.15) is 8.42 Å². The van der Waals surface area contributed by atoms with Gasteiger partial charge in [0, 0.05) is 13.1 Å². The summed E-state index contributed by atoms with van der Waals surface area (Å²) in [6.45, 7) is 3.81. The van der Waals surface area contributed by atoms with Gasteiger partial charge >= 0.3 is 0 Å². The van der Waals surface area contributed by atoms with Gasteiger partial charge in [-0.1, -0.05) is 24.1 Å². The average molecular weight is 309 g/mol. The Balaban J connectivity index is 1.80. The van der Waals surface area contributed by atoms with Crippen molar-refractivity contribution < 1.29 is 12.6 Å². The fraction of sp³-hybridized carbons (Fsp3) is 0.625. The molecule has 1 saturated heterocycles. The smallest absolute Gasteiger partial charge is 0.297 e. The van der Waals surface area contributed by atoms with Crippen LogP contribution in [-0.4, -0.2) is 39.6 Å². The van der Waals surface area contributed by atoms with Crippen molar-refractivity contribution in [1.29, 1.82) is 0 Å². The average Bonchev–Trinajstić information content (AvgIpc) is 2.40. The van der Waals surface area contributed by atoms with Crippen molar-refractivity contribution in [2.45, 2.75) is 37.2 Å². The van der Waals surface area contributed by atoms with Crippen LogP contribution in [0.4, 0.5) is 0 Å². The minimum absolute atomic E-state index is 0.152. The second-order valence-electron chi connectivity index (χ2n) is 6.50. The van der Waals surface area contributed by atoms with Crippen molar-refractivity contribution >= 4 is 10.1 Å². The topological polar surface area (TPSA) is 46.6 Å². The van der Waals surface area contributed by atoms with Gasteiger partial charge in [-0.25, -0.2) is 0 Å². The van der Waals surface area contributed by atoms with E-state index in [1.54, 1.807) is 12.1 Å². The summed E-state index contributed by atoms with van der Waals surface area (Å²) in [5.41, 5.74) is 1.05. The molecule has 1 saturated carbocycles. The highest BCUT2D eigenvalue weighted by molar-refractivity contribution is 7.86. The fourth-order valence-electron chi connectivity index (χ4n) is 3.69. The molecule has 0 amide bonds. The Bertz CT molecular complexity index is 582. The van der Waals surface area contributed by atoms with Crippen LogP contribution in [0.5, 0.6) is 0 Å². The molecule has 2 fully saturated rings. The lowest BCUT2D eigenvalue weighted by molar-refractivity contribution is -0.0223. The molecule has 0 radical (unpaired) electrons. The molecule has 0 N–H and O–H groups in total. The number of benzene rings is 1. The zero-order chi connectivity index (χ0) is 15.0. The molecule has 1 heterocycles. The Morgan fingerprint density at radius 2 is 1.67 bits per heavy atom. The second-order valence-corrected chi connectivity index (χ2v) is 8.07. The standard InChI is InChI=1S/C16H23NO3S/c1-12-6-8-15(9-7-12)21(18,19)20-16-13-4-3-5-14(16)11-17(2)10-13/h6-9,13-14,16H,3-5,10-11H2,1-2H3/t13-,14-/m1/s1. The third-order valence-electron chi connectivity index (χ3n) is 4.72. The van der Waals surface area contributed by atoms with Crippen molar-refractivity contribution in [3.8, 4) is 0 Å². The van der Waals surface area contributed by atoms with Gasteiger partial charge in [0.1, 0.15) is 0 Å². The summed E-state index contributed by atoms with van der Waals surface area (Å²) in [7, 11) is -1.55. The molecule has 1 aromatic rings. The van der Waals surface area contributed by atoms with E-state index in [9.17, 15) is 8.42 Å². The Hall–Kier alpha value is -0.910. The van der Waals surface area contributed by atoms with Crippen molar-refractivity contribution in [2.75, 3.05) is 20.1 Å². The van der Waals surface area contributed by atoms with E-state index in [0.29, 0.717) is 11.8 Å². The van der Waals surface area contributed by atoms with Gasteiger partial charge in [0.25, 0.3) is 10.1 Å². The number of likely N-dealkylation sites (tertiary alicyclic amines) is 1. The van der Waals surface area contributed by atoms with Gasteiger partial charge in [0.05, 0.1) is 11.0 Å². The van der Waals surface area contributed by atoms with Crippen LogP contribution in [0.15, 0.2) is 29.2 Å². The van der Waals surface area contributed by atoms with Crippen LogP contribution in [0, 0.1) is 18.8 Å². The minimum Gasteiger partial charge on any atom is -0.306 e. The van der Waals surface area contributed by atoms with Gasteiger partial charge in [-0.05, 0) is 50.8 Å². The fourth-order valence-corrected chi connectivity index (χ4v) is 4.87. The van der Waals surface area contributed by atoms with Crippen LogP contribution in [0.3, 0.4) is 0 Å². The van der Waals surface area contributed by atoms with Crippen LogP contribution in [0.25, 0.3) is 0 Å². The Morgan fingerprint density at radius 1 is 1.10 bits per heavy atom. The van der Waals surface area contributed by atoms with Gasteiger partial charge in [0.15, 0.2) is 0 Å². The minimum atomic E-state index is -3.65. The zero-order valence-corrected chi connectivity index (χ0v) is 13.5. The second kappa shape index (κ2) is 5.71. The molecule has 2 aliphatic rings. The SMILES string of the molecule is Cc1ccc(S(=O)(=O)OC2[C@@H]3CCC[C@@H]2CN(C)C3)cc1. The Labute approximate surface area is 127 Å². The monoisotopic (exact) mass is 309 g/mol. The Morgan fingerprint density at radius 3 is 2.24 bits per heavy atom. The lowest BCUT2D eigenvalue weighted by atomic mass is 9.75. The van der Waals surface area contributed by atoms with E-state index in [1.807, 2.05) is 19.1 Å². The van der Waals surface area contributed by atoms with Crippen LogP contribution >= 0.6 is 0 Å². The molecular formula is C16H23NO3S. The normalized spacial score (nSPS) is 30.3. The Kier molecular flexibility index (Phi) is 4.08. The number of aryl methyl sites for hydroxylation is 1. The van der Waals surface area contributed by atoms with E-state index in [-0.39, 0.29) is 11.0 Å². The van der Waals surface area contributed by atoms with E-state index in [2.05, 4.69) is 11.9 Å². The van der Waals surface area contributed by atoms with E-state index < -0.39 is 10.1 Å². The van der Waals surface area contributed by atoms with Gasteiger partial charge < -0.3 is 4.90 Å². The first-order valence-corrected chi connectivity index (χ1v) is 9.05. The van der Waals surface area contributed by atoms with Crippen LogP contribution < -0.4 is 0 Å². The zero-order valence-electron chi connectivity index (χ0n) is 12.7. The van der Waals surface area contributed by atoms with Crippen molar-refractivity contribution in [3.63, 3.8) is 0 Å². The molecular weight excluding hydrogens is 286 g/mol. The molecule has 2 bridgehead atoms. The highest BCUT2D eigenvalue weighted by Gasteiger charge is 2.41. The van der Waals surface area contributed by atoms with Crippen LogP contribution in [-0.2, 0) is 14.3 Å². The molecule has 0 spiro atoms. The largest absolute Gasteiger partial charge is 0.306 e. The summed E-state index contributed by atoms with van der Waals surface area (Å²) in [6.07, 6.45) is 3.17. The van der Waals surface area contributed by atoms with E-state index >= 15 is 0 Å². The number of fused-ring (bicyclic) bond motifs is 2. The number of piperidine rings is 1. The summed E-state index contributed by atoms with van der Waals surface area (Å²) >= 11 is 0. The summed E-state index contributed by atoms with van der Waals surface area (Å²) in [5.74, 6) is 0.672. The summed E-state index contributed by atoms with van der Waals surface area (Å²) in [4.78, 5) is 2.57. The maximum atomic E-state index is 12.5. The summed E-state index contributed by atoms with van der Waals surface area (Å²) in [6, 6.07) is 6.89. The number of nitrogens with zero attached hydrogens (tertiary/aromatic N) is 1. The molecule has 1 aliphatic heterocycles. The third kappa shape index (κ3) is 3.15. The highest BCUT2D eigenvalue weighted by atomic mass is 32.2. The predicted molar refractivity (Wildman–Crippen MR) is 81.6 cm³/mol. The third-order valence-corrected chi connectivity index (χ3v) is 6.04. The maximum absolute atomic E-state index is 12.5. The number of hydrogen-bond donors (Lipinski definition) is 0. The number of hydrogen-bond acceptors (Lipinski definition) is 4. The summed E-state index contributed by atoms with van der Waals surface area (Å²) in [5, 5.41) is 0. The van der Waals surface area contributed by atoms with E-state index in [1.165, 1.54) is 6.42 Å². The predicted octanol–water partition coefficient (Wildman–Crippen LogP) is 2.43. The van der Waals surface area contributed by atoms with E-state index in [4.69, 9.17) is 4.18 Å². The lowest BCUT2D eigenvalue weighted by Gasteiger charge is -2.45. The molecule has 0 aromatic heterocycles. The number of rotatable bonds is 3. The van der Waals surface area contributed by atoms with Gasteiger partial charge in [-0.15, -0.1) is 0 Å². The van der Waals surface area contributed by atoms with Gasteiger partial charge in [0.2, 0.25) is 0 Å². The first-order chi connectivity index (χ1) is 9.95. The van der Waals surface area contributed by atoms with Crippen molar-refractivity contribution in [3.05, 3.63) is 29.8 Å². The van der Waals surface area contributed by atoms with Crippen molar-refractivity contribution in [1.82, 2.24) is 4.90 Å². The molecule has 21 heavy (non-hydrogen) atoms.